The zero-order valence-electron chi connectivity index (χ0n) is 9.69. The second-order valence-electron chi connectivity index (χ2n) is 3.95. The third kappa shape index (κ3) is 2.36. The molecular formula is C13H13NO3. The molecule has 0 saturated heterocycles. The van der Waals surface area contributed by atoms with E-state index in [4.69, 9.17) is 4.42 Å². The van der Waals surface area contributed by atoms with Crippen LogP contribution in [0.15, 0.2) is 34.7 Å². The number of hydrogen-bond donors (Lipinski definition) is 1. The lowest BCUT2D eigenvalue weighted by Gasteiger charge is -2.08. The summed E-state index contributed by atoms with van der Waals surface area (Å²) in [5, 5.41) is 3.44. The molecule has 0 aliphatic heterocycles. The molecule has 1 unspecified atom stereocenters. The van der Waals surface area contributed by atoms with Gasteiger partial charge in [-0.1, -0.05) is 18.2 Å². The van der Waals surface area contributed by atoms with Gasteiger partial charge in [-0.2, -0.15) is 0 Å². The Morgan fingerprint density at radius 1 is 1.29 bits per heavy atom. The Hall–Kier alpha value is -2.10. The fourth-order valence-electron chi connectivity index (χ4n) is 1.46. The second kappa shape index (κ2) is 4.41. The summed E-state index contributed by atoms with van der Waals surface area (Å²) >= 11 is 0. The monoisotopic (exact) mass is 231 g/mol. The number of furan rings is 1. The highest BCUT2D eigenvalue weighted by atomic mass is 16.3. The van der Waals surface area contributed by atoms with E-state index < -0.39 is 6.04 Å². The van der Waals surface area contributed by atoms with Gasteiger partial charge in [-0.3, -0.25) is 9.59 Å². The molecule has 1 aromatic heterocycles. The van der Waals surface area contributed by atoms with Gasteiger partial charge in [-0.25, -0.2) is 0 Å². The Balaban J connectivity index is 2.22. The maximum absolute atomic E-state index is 11.8. The lowest BCUT2D eigenvalue weighted by Crippen LogP contribution is -2.37. The van der Waals surface area contributed by atoms with Crippen molar-refractivity contribution in [3.05, 3.63) is 36.1 Å². The molecule has 1 aromatic carbocycles. The van der Waals surface area contributed by atoms with Crippen LogP contribution in [0.2, 0.25) is 0 Å². The Kier molecular flexibility index (Phi) is 2.95. The number of benzene rings is 1. The van der Waals surface area contributed by atoms with Crippen molar-refractivity contribution in [2.45, 2.75) is 19.9 Å². The third-order valence-corrected chi connectivity index (χ3v) is 2.61. The van der Waals surface area contributed by atoms with Crippen molar-refractivity contribution in [1.29, 1.82) is 0 Å². The van der Waals surface area contributed by atoms with Crippen LogP contribution in [0.4, 0.5) is 0 Å². The van der Waals surface area contributed by atoms with E-state index in [2.05, 4.69) is 5.32 Å². The van der Waals surface area contributed by atoms with E-state index >= 15 is 0 Å². The summed E-state index contributed by atoms with van der Waals surface area (Å²) in [6.45, 7) is 3.08. The lowest BCUT2D eigenvalue weighted by molar-refractivity contribution is -0.118. The number of carbonyl (C=O) groups is 2. The first-order valence-corrected chi connectivity index (χ1v) is 5.38. The Morgan fingerprint density at radius 2 is 2.00 bits per heavy atom. The summed E-state index contributed by atoms with van der Waals surface area (Å²) in [6.07, 6.45) is 0. The first-order chi connectivity index (χ1) is 8.08. The van der Waals surface area contributed by atoms with E-state index in [9.17, 15) is 9.59 Å². The third-order valence-electron chi connectivity index (χ3n) is 2.61. The zero-order valence-corrected chi connectivity index (χ0v) is 9.69. The molecule has 0 spiro atoms. The lowest BCUT2D eigenvalue weighted by atomic mass is 10.2. The van der Waals surface area contributed by atoms with E-state index in [1.807, 2.05) is 18.2 Å². The normalized spacial score (nSPS) is 12.4. The van der Waals surface area contributed by atoms with Crippen molar-refractivity contribution < 1.29 is 14.0 Å². The first-order valence-electron chi connectivity index (χ1n) is 5.38. The highest BCUT2D eigenvalue weighted by molar-refractivity contribution is 5.98. The predicted molar refractivity (Wildman–Crippen MR) is 63.8 cm³/mol. The SMILES string of the molecule is CC(=O)C(C)NC(=O)c1cc2ccccc2o1. The molecule has 2 rings (SSSR count). The number of para-hydroxylation sites is 1. The second-order valence-corrected chi connectivity index (χ2v) is 3.95. The number of carbonyl (C=O) groups excluding carboxylic acids is 2. The molecule has 4 heteroatoms. The zero-order chi connectivity index (χ0) is 12.4. The van der Waals surface area contributed by atoms with Crippen molar-refractivity contribution in [3.63, 3.8) is 0 Å². The molecule has 1 atom stereocenters. The summed E-state index contributed by atoms with van der Waals surface area (Å²) in [6, 6.07) is 8.53. The summed E-state index contributed by atoms with van der Waals surface area (Å²) < 4.78 is 5.39. The summed E-state index contributed by atoms with van der Waals surface area (Å²) in [5.74, 6) is -0.238. The van der Waals surface area contributed by atoms with E-state index in [0.29, 0.717) is 5.58 Å². The Bertz CT molecular complexity index is 538. The molecule has 0 saturated carbocycles. The maximum atomic E-state index is 11.8. The molecule has 0 fully saturated rings. The highest BCUT2D eigenvalue weighted by Crippen LogP contribution is 2.18. The minimum Gasteiger partial charge on any atom is -0.451 e. The fourth-order valence-corrected chi connectivity index (χ4v) is 1.46. The van der Waals surface area contributed by atoms with Crippen LogP contribution >= 0.6 is 0 Å². The average Bonchev–Trinajstić information content (AvgIpc) is 2.72. The quantitative estimate of drug-likeness (QED) is 0.880. The smallest absolute Gasteiger partial charge is 0.287 e. The van der Waals surface area contributed by atoms with Crippen molar-refractivity contribution in [1.82, 2.24) is 5.32 Å². The number of amides is 1. The highest BCUT2D eigenvalue weighted by Gasteiger charge is 2.16. The van der Waals surface area contributed by atoms with Crippen LogP contribution in [0.5, 0.6) is 0 Å². The molecule has 0 aliphatic rings. The molecule has 1 amide bonds. The van der Waals surface area contributed by atoms with Gasteiger partial charge >= 0.3 is 0 Å². The van der Waals surface area contributed by atoms with Gasteiger partial charge in [0.15, 0.2) is 11.5 Å². The van der Waals surface area contributed by atoms with Gasteiger partial charge in [0.2, 0.25) is 0 Å². The van der Waals surface area contributed by atoms with Crippen molar-refractivity contribution in [2.24, 2.45) is 0 Å². The summed E-state index contributed by atoms with van der Waals surface area (Å²) in [4.78, 5) is 22.8. The van der Waals surface area contributed by atoms with Crippen LogP contribution in [0.1, 0.15) is 24.4 Å². The van der Waals surface area contributed by atoms with Crippen molar-refractivity contribution in [3.8, 4) is 0 Å². The van der Waals surface area contributed by atoms with Crippen LogP contribution in [-0.2, 0) is 4.79 Å². The van der Waals surface area contributed by atoms with Gasteiger partial charge in [0.25, 0.3) is 5.91 Å². The van der Waals surface area contributed by atoms with Gasteiger partial charge in [0.05, 0.1) is 6.04 Å². The van der Waals surface area contributed by atoms with E-state index in [-0.39, 0.29) is 17.5 Å². The molecule has 0 radical (unpaired) electrons. The summed E-state index contributed by atoms with van der Waals surface area (Å²) in [7, 11) is 0. The number of hydrogen-bond acceptors (Lipinski definition) is 3. The van der Waals surface area contributed by atoms with Gasteiger partial charge < -0.3 is 9.73 Å². The minimum atomic E-state index is -0.504. The van der Waals surface area contributed by atoms with Crippen LogP contribution in [-0.4, -0.2) is 17.7 Å². The number of ketones is 1. The fraction of sp³-hybridized carbons (Fsp3) is 0.231. The van der Waals surface area contributed by atoms with E-state index in [1.54, 1.807) is 19.1 Å². The number of nitrogens with one attached hydrogen (secondary N) is 1. The molecule has 4 nitrogen and oxygen atoms in total. The summed E-state index contributed by atoms with van der Waals surface area (Å²) in [5.41, 5.74) is 0.660. The van der Waals surface area contributed by atoms with Gasteiger partial charge in [-0.15, -0.1) is 0 Å². The first kappa shape index (κ1) is 11.4. The van der Waals surface area contributed by atoms with Crippen LogP contribution in [0.3, 0.4) is 0 Å². The molecule has 0 bridgehead atoms. The largest absolute Gasteiger partial charge is 0.451 e. The molecule has 1 N–H and O–H groups in total. The molecule has 17 heavy (non-hydrogen) atoms. The number of Topliss-reactive ketones (excluding diaryl/α,β-unsaturated/α-hetero) is 1. The standard InChI is InChI=1S/C13H13NO3/c1-8(9(2)15)14-13(16)12-7-10-5-3-4-6-11(10)17-12/h3-8H,1-2H3,(H,14,16). The van der Waals surface area contributed by atoms with Crippen LogP contribution in [0, 0.1) is 0 Å². The maximum Gasteiger partial charge on any atom is 0.287 e. The molecule has 0 aliphatic carbocycles. The molecule has 1 heterocycles. The molecule has 88 valence electrons. The molecular weight excluding hydrogens is 218 g/mol. The van der Waals surface area contributed by atoms with Crippen molar-refractivity contribution in [2.75, 3.05) is 0 Å². The van der Waals surface area contributed by atoms with Crippen LogP contribution in [0.25, 0.3) is 11.0 Å². The van der Waals surface area contributed by atoms with Gasteiger partial charge in [0, 0.05) is 5.39 Å². The van der Waals surface area contributed by atoms with Crippen molar-refractivity contribution >= 4 is 22.7 Å². The Labute approximate surface area is 98.6 Å². The van der Waals surface area contributed by atoms with Gasteiger partial charge in [-0.05, 0) is 26.0 Å². The molecule has 2 aromatic rings. The Morgan fingerprint density at radius 3 is 2.65 bits per heavy atom. The topological polar surface area (TPSA) is 59.3 Å². The predicted octanol–water partition coefficient (Wildman–Crippen LogP) is 2.14. The minimum absolute atomic E-state index is 0.0885. The van der Waals surface area contributed by atoms with E-state index in [0.717, 1.165) is 5.39 Å². The van der Waals surface area contributed by atoms with Gasteiger partial charge in [0.1, 0.15) is 5.58 Å². The average molecular weight is 231 g/mol. The van der Waals surface area contributed by atoms with E-state index in [1.165, 1.54) is 6.92 Å². The number of fused-ring (bicyclic) bond motifs is 1. The number of rotatable bonds is 3. The van der Waals surface area contributed by atoms with Crippen LogP contribution < -0.4 is 5.32 Å².